The number of thioether (sulfide) groups is 1. The van der Waals surface area contributed by atoms with Crippen LogP contribution in [0.5, 0.6) is 0 Å². The first-order valence-corrected chi connectivity index (χ1v) is 11.2. The van der Waals surface area contributed by atoms with Crippen LogP contribution in [-0.4, -0.2) is 38.5 Å². The van der Waals surface area contributed by atoms with E-state index in [9.17, 15) is 0 Å². The van der Waals surface area contributed by atoms with Crippen LogP contribution in [0.15, 0.2) is 59.8 Å². The molecule has 0 saturated heterocycles. The van der Waals surface area contributed by atoms with Crippen LogP contribution in [0.1, 0.15) is 30.9 Å². The second-order valence-electron chi connectivity index (χ2n) is 7.32. The molecule has 4 rings (SSSR count). The van der Waals surface area contributed by atoms with E-state index in [-0.39, 0.29) is 0 Å². The fourth-order valence-electron chi connectivity index (χ4n) is 3.82. The summed E-state index contributed by atoms with van der Waals surface area (Å²) >= 11 is 1.84. The van der Waals surface area contributed by atoms with E-state index >= 15 is 0 Å². The molecule has 1 aromatic heterocycles. The minimum atomic E-state index is 0.961. The fraction of sp³-hybridized carbons (Fsp3) is 0.391. The van der Waals surface area contributed by atoms with Crippen LogP contribution in [0.2, 0.25) is 0 Å². The Labute approximate surface area is 172 Å². The van der Waals surface area contributed by atoms with Crippen LogP contribution in [-0.2, 0) is 19.5 Å². The van der Waals surface area contributed by atoms with Crippen LogP contribution in [0.4, 0.5) is 0 Å². The van der Waals surface area contributed by atoms with Crippen LogP contribution in [0.25, 0.3) is 11.4 Å². The molecule has 2 aromatic carbocycles. The van der Waals surface area contributed by atoms with E-state index in [4.69, 9.17) is 0 Å². The molecule has 0 atom stereocenters. The Hall–Kier alpha value is -2.11. The molecule has 28 heavy (non-hydrogen) atoms. The van der Waals surface area contributed by atoms with Gasteiger partial charge in [-0.1, -0.05) is 73.3 Å². The molecule has 1 aliphatic rings. The van der Waals surface area contributed by atoms with Gasteiger partial charge in [0.1, 0.15) is 0 Å². The SMILES string of the molecule is CCCn1c(SCCCN2CCc3ccccc3C2)nnc1-c1ccccc1. The lowest BCUT2D eigenvalue weighted by atomic mass is 10.00. The van der Waals surface area contributed by atoms with Gasteiger partial charge < -0.3 is 4.57 Å². The molecule has 0 radical (unpaired) electrons. The van der Waals surface area contributed by atoms with Gasteiger partial charge in [-0.3, -0.25) is 4.90 Å². The summed E-state index contributed by atoms with van der Waals surface area (Å²) in [4.78, 5) is 2.58. The lowest BCUT2D eigenvalue weighted by molar-refractivity contribution is 0.255. The highest BCUT2D eigenvalue weighted by atomic mass is 32.2. The summed E-state index contributed by atoms with van der Waals surface area (Å²) in [6, 6.07) is 19.2. The van der Waals surface area contributed by atoms with Gasteiger partial charge in [0.15, 0.2) is 11.0 Å². The number of nitrogens with zero attached hydrogens (tertiary/aromatic N) is 4. The standard InChI is InChI=1S/C23H28N4S/c1-2-14-27-22(20-10-4-3-5-11-20)24-25-23(27)28-17-8-15-26-16-13-19-9-6-7-12-21(19)18-26/h3-7,9-12H,2,8,13-18H2,1H3. The van der Waals surface area contributed by atoms with E-state index in [1.54, 1.807) is 0 Å². The van der Waals surface area contributed by atoms with Gasteiger partial charge in [0.25, 0.3) is 0 Å². The summed E-state index contributed by atoms with van der Waals surface area (Å²) in [7, 11) is 0. The summed E-state index contributed by atoms with van der Waals surface area (Å²) in [5.41, 5.74) is 4.16. The molecule has 1 aliphatic heterocycles. The normalized spacial score (nSPS) is 14.2. The quantitative estimate of drug-likeness (QED) is 0.403. The summed E-state index contributed by atoms with van der Waals surface area (Å²) in [6.45, 7) is 6.57. The Morgan fingerprint density at radius 3 is 2.54 bits per heavy atom. The first-order valence-electron chi connectivity index (χ1n) is 10.3. The topological polar surface area (TPSA) is 34.0 Å². The van der Waals surface area contributed by atoms with E-state index in [2.05, 4.69) is 75.1 Å². The highest BCUT2D eigenvalue weighted by molar-refractivity contribution is 7.99. The Morgan fingerprint density at radius 1 is 0.929 bits per heavy atom. The Bertz CT molecular complexity index is 891. The van der Waals surface area contributed by atoms with Crippen molar-refractivity contribution in [2.24, 2.45) is 0 Å². The Balaban J connectivity index is 1.32. The molecule has 0 amide bonds. The predicted molar refractivity (Wildman–Crippen MR) is 117 cm³/mol. The molecule has 2 heterocycles. The molecule has 0 bridgehead atoms. The molecule has 3 aromatic rings. The number of rotatable bonds is 8. The molecule has 5 heteroatoms. The van der Waals surface area contributed by atoms with Crippen molar-refractivity contribution in [3.8, 4) is 11.4 Å². The second-order valence-corrected chi connectivity index (χ2v) is 8.38. The van der Waals surface area contributed by atoms with Crippen LogP contribution < -0.4 is 0 Å². The van der Waals surface area contributed by atoms with Gasteiger partial charge in [0, 0.05) is 31.0 Å². The maximum atomic E-state index is 4.49. The van der Waals surface area contributed by atoms with Gasteiger partial charge in [0.05, 0.1) is 0 Å². The lowest BCUT2D eigenvalue weighted by Gasteiger charge is -2.28. The number of hydrogen-bond acceptors (Lipinski definition) is 4. The van der Waals surface area contributed by atoms with E-state index in [0.717, 1.165) is 48.4 Å². The van der Waals surface area contributed by atoms with Crippen molar-refractivity contribution >= 4 is 11.8 Å². The van der Waals surface area contributed by atoms with Crippen LogP contribution in [0, 0.1) is 0 Å². The molecule has 0 unspecified atom stereocenters. The second kappa shape index (κ2) is 9.39. The molecule has 0 N–H and O–H groups in total. The summed E-state index contributed by atoms with van der Waals surface area (Å²) in [5, 5.41) is 10.0. The molecular formula is C23H28N4S. The van der Waals surface area contributed by atoms with Crippen molar-refractivity contribution in [1.29, 1.82) is 0 Å². The average Bonchev–Trinajstić information content (AvgIpc) is 3.14. The molecular weight excluding hydrogens is 364 g/mol. The van der Waals surface area contributed by atoms with Crippen molar-refractivity contribution in [2.45, 2.75) is 44.4 Å². The van der Waals surface area contributed by atoms with Crippen LogP contribution >= 0.6 is 11.8 Å². The van der Waals surface area contributed by atoms with Crippen molar-refractivity contribution in [1.82, 2.24) is 19.7 Å². The maximum Gasteiger partial charge on any atom is 0.191 e. The average molecular weight is 393 g/mol. The predicted octanol–water partition coefficient (Wildman–Crippen LogP) is 4.90. The lowest BCUT2D eigenvalue weighted by Crippen LogP contribution is -2.31. The van der Waals surface area contributed by atoms with Gasteiger partial charge >= 0.3 is 0 Å². The van der Waals surface area contributed by atoms with Gasteiger partial charge in [-0.25, -0.2) is 0 Å². The minimum absolute atomic E-state index is 0.961. The monoisotopic (exact) mass is 392 g/mol. The molecule has 0 fully saturated rings. The first-order chi connectivity index (χ1) is 13.8. The summed E-state index contributed by atoms with van der Waals surface area (Å²) < 4.78 is 2.27. The third kappa shape index (κ3) is 4.47. The first kappa shape index (κ1) is 19.2. The largest absolute Gasteiger partial charge is 0.302 e. The molecule has 0 saturated carbocycles. The van der Waals surface area contributed by atoms with Gasteiger partial charge in [0.2, 0.25) is 0 Å². The number of aromatic nitrogens is 3. The zero-order valence-electron chi connectivity index (χ0n) is 16.6. The third-order valence-corrected chi connectivity index (χ3v) is 6.31. The van der Waals surface area contributed by atoms with E-state index in [1.165, 1.54) is 30.5 Å². The van der Waals surface area contributed by atoms with Crippen molar-refractivity contribution < 1.29 is 0 Å². The van der Waals surface area contributed by atoms with Crippen LogP contribution in [0.3, 0.4) is 0 Å². The summed E-state index contributed by atoms with van der Waals surface area (Å²) in [6.07, 6.45) is 3.43. The summed E-state index contributed by atoms with van der Waals surface area (Å²) in [5.74, 6) is 2.06. The van der Waals surface area contributed by atoms with Gasteiger partial charge in [-0.05, 0) is 36.9 Å². The van der Waals surface area contributed by atoms with Crippen molar-refractivity contribution in [3.63, 3.8) is 0 Å². The van der Waals surface area contributed by atoms with Crippen molar-refractivity contribution in [2.75, 3.05) is 18.8 Å². The molecule has 0 aliphatic carbocycles. The van der Waals surface area contributed by atoms with Crippen molar-refractivity contribution in [3.05, 3.63) is 65.7 Å². The Kier molecular flexibility index (Phi) is 6.45. The van der Waals surface area contributed by atoms with E-state index in [1.807, 2.05) is 17.8 Å². The zero-order chi connectivity index (χ0) is 19.2. The number of benzene rings is 2. The molecule has 4 nitrogen and oxygen atoms in total. The number of hydrogen-bond donors (Lipinski definition) is 0. The van der Waals surface area contributed by atoms with Gasteiger partial charge in [-0.15, -0.1) is 10.2 Å². The van der Waals surface area contributed by atoms with Gasteiger partial charge in [-0.2, -0.15) is 0 Å². The third-order valence-electron chi connectivity index (χ3n) is 5.26. The minimum Gasteiger partial charge on any atom is -0.302 e. The molecule has 146 valence electrons. The highest BCUT2D eigenvalue weighted by Crippen LogP contribution is 2.25. The molecule has 0 spiro atoms. The zero-order valence-corrected chi connectivity index (χ0v) is 17.4. The fourth-order valence-corrected chi connectivity index (χ4v) is 4.71. The van der Waals surface area contributed by atoms with E-state index < -0.39 is 0 Å². The van der Waals surface area contributed by atoms with E-state index in [0.29, 0.717) is 0 Å². The Morgan fingerprint density at radius 2 is 1.71 bits per heavy atom. The maximum absolute atomic E-state index is 4.49. The smallest absolute Gasteiger partial charge is 0.191 e. The number of fused-ring (bicyclic) bond motifs is 1. The highest BCUT2D eigenvalue weighted by Gasteiger charge is 2.16.